The van der Waals surface area contributed by atoms with Crippen molar-refractivity contribution in [1.82, 2.24) is 9.80 Å². The average molecular weight is 508 g/mol. The molecule has 0 aliphatic carbocycles. The Morgan fingerprint density at radius 2 is 1.77 bits per heavy atom. The summed E-state index contributed by atoms with van der Waals surface area (Å²) >= 11 is 1.02. The minimum absolute atomic E-state index is 0.167. The molecule has 2 aliphatic rings. The molecular formula is C24H21F4N3O3S. The van der Waals surface area contributed by atoms with Gasteiger partial charge in [0.25, 0.3) is 5.91 Å². The lowest BCUT2D eigenvalue weighted by Crippen LogP contribution is -2.60. The SMILES string of the molecule is CC1=C(C(=O)N(C)C)SC2C1C(=O)N(c1ccccc1C(F)(F)F)C(=O)N2Cc1cccc(F)c1. The van der Waals surface area contributed by atoms with Crippen molar-refractivity contribution in [3.8, 4) is 0 Å². The number of carbonyl (C=O) groups excluding carboxylic acids is 3. The van der Waals surface area contributed by atoms with Crippen LogP contribution in [-0.2, 0) is 22.3 Å². The Bertz CT molecular complexity index is 1240. The maximum atomic E-state index is 13.8. The van der Waals surface area contributed by atoms with E-state index in [1.807, 2.05) is 0 Å². The molecule has 184 valence electrons. The van der Waals surface area contributed by atoms with Crippen molar-refractivity contribution in [2.24, 2.45) is 5.92 Å². The van der Waals surface area contributed by atoms with Crippen LogP contribution in [0.4, 0.5) is 28.0 Å². The van der Waals surface area contributed by atoms with E-state index in [9.17, 15) is 31.9 Å². The standard InChI is InChI=1S/C24H21F4N3O3S/c1-13-18-20(32)31(17-10-5-4-9-16(17)24(26,27)28)23(34)30(12-14-7-6-8-15(25)11-14)22(18)35-19(13)21(33)29(2)3/h4-11,18,22H,12H2,1-3H3. The maximum Gasteiger partial charge on any atom is 0.418 e. The fourth-order valence-corrected chi connectivity index (χ4v) is 5.79. The van der Waals surface area contributed by atoms with Crippen LogP contribution in [0.15, 0.2) is 59.0 Å². The first kappa shape index (κ1) is 24.8. The van der Waals surface area contributed by atoms with E-state index in [-0.39, 0.29) is 17.4 Å². The van der Waals surface area contributed by atoms with Gasteiger partial charge in [0.2, 0.25) is 5.91 Å². The first-order valence-electron chi connectivity index (χ1n) is 10.6. The predicted octanol–water partition coefficient (Wildman–Crippen LogP) is 4.86. The molecule has 0 aromatic heterocycles. The number of amides is 4. The Labute approximate surface area is 203 Å². The lowest BCUT2D eigenvalue weighted by Gasteiger charge is -2.42. The molecule has 0 bridgehead atoms. The highest BCUT2D eigenvalue weighted by Crippen LogP contribution is 2.49. The number of anilines is 1. The second-order valence-corrected chi connectivity index (χ2v) is 9.55. The Kier molecular flexibility index (Phi) is 6.39. The third-order valence-corrected chi connectivity index (χ3v) is 7.37. The van der Waals surface area contributed by atoms with Gasteiger partial charge >= 0.3 is 12.2 Å². The number of rotatable bonds is 4. The van der Waals surface area contributed by atoms with Crippen LogP contribution in [-0.4, -0.2) is 47.1 Å². The molecule has 2 atom stereocenters. The molecule has 4 amide bonds. The molecule has 0 N–H and O–H groups in total. The summed E-state index contributed by atoms with van der Waals surface area (Å²) in [6.45, 7) is 1.40. The third kappa shape index (κ3) is 4.40. The molecule has 35 heavy (non-hydrogen) atoms. The molecule has 6 nitrogen and oxygen atoms in total. The van der Waals surface area contributed by atoms with Crippen molar-refractivity contribution < 1.29 is 31.9 Å². The number of alkyl halides is 3. The number of para-hydroxylation sites is 1. The minimum atomic E-state index is -4.82. The van der Waals surface area contributed by atoms with Gasteiger partial charge in [-0.15, -0.1) is 0 Å². The average Bonchev–Trinajstić information content (AvgIpc) is 3.13. The van der Waals surface area contributed by atoms with E-state index >= 15 is 0 Å². The first-order chi connectivity index (χ1) is 16.4. The number of carbonyl (C=O) groups is 3. The van der Waals surface area contributed by atoms with Gasteiger partial charge in [-0.1, -0.05) is 36.0 Å². The van der Waals surface area contributed by atoms with Crippen molar-refractivity contribution >= 4 is 35.3 Å². The van der Waals surface area contributed by atoms with Gasteiger partial charge in [0.05, 0.1) is 22.1 Å². The summed E-state index contributed by atoms with van der Waals surface area (Å²) in [4.78, 5) is 43.3. The summed E-state index contributed by atoms with van der Waals surface area (Å²) in [5, 5.41) is -0.869. The Hall–Kier alpha value is -3.34. The number of hydrogen-bond acceptors (Lipinski definition) is 4. The zero-order chi connectivity index (χ0) is 25.7. The highest BCUT2D eigenvalue weighted by atomic mass is 32.2. The summed E-state index contributed by atoms with van der Waals surface area (Å²) in [6, 6.07) is 8.81. The van der Waals surface area contributed by atoms with Gasteiger partial charge in [-0.25, -0.2) is 14.1 Å². The van der Waals surface area contributed by atoms with Crippen molar-refractivity contribution in [3.05, 3.63) is 76.0 Å². The van der Waals surface area contributed by atoms with E-state index in [4.69, 9.17) is 0 Å². The third-order valence-electron chi connectivity index (χ3n) is 5.87. The van der Waals surface area contributed by atoms with E-state index < -0.39 is 46.5 Å². The van der Waals surface area contributed by atoms with Gasteiger partial charge in [0.15, 0.2) is 0 Å². The Morgan fingerprint density at radius 1 is 1.09 bits per heavy atom. The van der Waals surface area contributed by atoms with Gasteiger partial charge < -0.3 is 9.80 Å². The molecule has 2 aromatic rings. The fourth-order valence-electron chi connectivity index (χ4n) is 4.20. The van der Waals surface area contributed by atoms with Crippen molar-refractivity contribution in [1.29, 1.82) is 0 Å². The number of thioether (sulfide) groups is 1. The molecule has 4 rings (SSSR count). The Morgan fingerprint density at radius 3 is 2.40 bits per heavy atom. The zero-order valence-corrected chi connectivity index (χ0v) is 19.8. The van der Waals surface area contributed by atoms with Crippen LogP contribution in [0.2, 0.25) is 0 Å². The molecular weight excluding hydrogens is 486 g/mol. The largest absolute Gasteiger partial charge is 0.418 e. The van der Waals surface area contributed by atoms with Crippen molar-refractivity contribution in [3.63, 3.8) is 0 Å². The summed E-state index contributed by atoms with van der Waals surface area (Å²) in [5.74, 6) is -2.82. The number of fused-ring (bicyclic) bond motifs is 1. The van der Waals surface area contributed by atoms with Crippen molar-refractivity contribution in [2.75, 3.05) is 19.0 Å². The highest BCUT2D eigenvalue weighted by Gasteiger charge is 2.54. The molecule has 0 spiro atoms. The fraction of sp³-hybridized carbons (Fsp3) is 0.292. The zero-order valence-electron chi connectivity index (χ0n) is 19.0. The van der Waals surface area contributed by atoms with E-state index in [0.717, 1.165) is 23.9 Å². The predicted molar refractivity (Wildman–Crippen MR) is 123 cm³/mol. The highest BCUT2D eigenvalue weighted by molar-refractivity contribution is 8.04. The second kappa shape index (κ2) is 9.03. The van der Waals surface area contributed by atoms with Crippen LogP contribution in [0.5, 0.6) is 0 Å². The smallest absolute Gasteiger partial charge is 0.344 e. The van der Waals surface area contributed by atoms with Gasteiger partial charge in [-0.3, -0.25) is 9.59 Å². The Balaban J connectivity index is 1.85. The number of urea groups is 1. The first-order valence-corrected chi connectivity index (χ1v) is 11.4. The molecule has 11 heteroatoms. The monoisotopic (exact) mass is 507 g/mol. The molecule has 1 fully saturated rings. The normalized spacial score (nSPS) is 20.4. The number of hydrogen-bond donors (Lipinski definition) is 0. The summed E-state index contributed by atoms with van der Waals surface area (Å²) in [5.41, 5.74) is -0.971. The van der Waals surface area contributed by atoms with Crippen LogP contribution in [0, 0.1) is 11.7 Å². The van der Waals surface area contributed by atoms with Gasteiger partial charge in [-0.2, -0.15) is 13.2 Å². The van der Waals surface area contributed by atoms with Gasteiger partial charge in [-0.05, 0) is 42.3 Å². The molecule has 0 saturated carbocycles. The topological polar surface area (TPSA) is 60.9 Å². The number of halogens is 4. The molecule has 1 saturated heterocycles. The lowest BCUT2D eigenvalue weighted by molar-refractivity contribution is -0.137. The maximum absolute atomic E-state index is 13.8. The summed E-state index contributed by atoms with van der Waals surface area (Å²) in [6.07, 6.45) is -4.82. The van der Waals surface area contributed by atoms with E-state index in [1.165, 1.54) is 54.2 Å². The molecule has 0 radical (unpaired) electrons. The van der Waals surface area contributed by atoms with E-state index in [1.54, 1.807) is 13.0 Å². The summed E-state index contributed by atoms with van der Waals surface area (Å²) < 4.78 is 55.2. The lowest BCUT2D eigenvalue weighted by atomic mass is 9.94. The van der Waals surface area contributed by atoms with Gasteiger partial charge in [0.1, 0.15) is 11.2 Å². The quantitative estimate of drug-likeness (QED) is 0.555. The molecule has 2 heterocycles. The van der Waals surface area contributed by atoms with Crippen LogP contribution >= 0.6 is 11.8 Å². The van der Waals surface area contributed by atoms with Crippen LogP contribution < -0.4 is 4.90 Å². The van der Waals surface area contributed by atoms with E-state index in [2.05, 4.69) is 0 Å². The van der Waals surface area contributed by atoms with E-state index in [0.29, 0.717) is 16.0 Å². The number of benzene rings is 2. The van der Waals surface area contributed by atoms with Crippen LogP contribution in [0.3, 0.4) is 0 Å². The number of imide groups is 1. The van der Waals surface area contributed by atoms with Crippen LogP contribution in [0.25, 0.3) is 0 Å². The van der Waals surface area contributed by atoms with Crippen molar-refractivity contribution in [2.45, 2.75) is 25.0 Å². The van der Waals surface area contributed by atoms with Gasteiger partial charge in [0, 0.05) is 20.6 Å². The minimum Gasteiger partial charge on any atom is -0.344 e. The second-order valence-electron chi connectivity index (χ2n) is 8.43. The molecule has 2 aromatic carbocycles. The van der Waals surface area contributed by atoms with Crippen LogP contribution in [0.1, 0.15) is 18.1 Å². The molecule has 2 aliphatic heterocycles. The summed E-state index contributed by atoms with van der Waals surface area (Å²) in [7, 11) is 3.07. The number of likely N-dealkylation sites (N-methyl/N-ethyl adjacent to an activating group) is 1. The molecule has 2 unspecified atom stereocenters. The number of nitrogens with zero attached hydrogens (tertiary/aromatic N) is 3.